The van der Waals surface area contributed by atoms with E-state index < -0.39 is 0 Å². The maximum Gasteiger partial charge on any atom is 0.411 e. The molecule has 1 fully saturated rings. The second-order valence-electron chi connectivity index (χ2n) is 4.61. The van der Waals surface area contributed by atoms with Gasteiger partial charge in [0.2, 0.25) is 0 Å². The molecule has 0 spiro atoms. The Labute approximate surface area is 102 Å². The number of anilines is 1. The number of carbonyl (C=O) groups is 1. The van der Waals surface area contributed by atoms with Crippen molar-refractivity contribution >= 4 is 11.8 Å². The van der Waals surface area contributed by atoms with Crippen LogP contribution >= 0.6 is 0 Å². The highest BCUT2D eigenvalue weighted by Gasteiger charge is 2.17. The molecule has 92 valence electrons. The van der Waals surface area contributed by atoms with Crippen LogP contribution in [0.25, 0.3) is 0 Å². The Kier molecular flexibility index (Phi) is 4.02. The van der Waals surface area contributed by atoms with Crippen LogP contribution in [0.5, 0.6) is 0 Å². The maximum atomic E-state index is 11.7. The minimum Gasteiger partial charge on any atom is -0.446 e. The van der Waals surface area contributed by atoms with Crippen molar-refractivity contribution in [3.05, 3.63) is 29.8 Å². The number of para-hydroxylation sites is 1. The van der Waals surface area contributed by atoms with E-state index in [0.717, 1.165) is 24.1 Å². The van der Waals surface area contributed by atoms with Crippen LogP contribution in [0.4, 0.5) is 10.5 Å². The van der Waals surface area contributed by atoms with Gasteiger partial charge in [0.05, 0.1) is 0 Å². The summed E-state index contributed by atoms with van der Waals surface area (Å²) in [5, 5.41) is 2.80. The van der Waals surface area contributed by atoms with Crippen molar-refractivity contribution in [2.45, 2.75) is 45.1 Å². The summed E-state index contributed by atoms with van der Waals surface area (Å²) >= 11 is 0. The standard InChI is InChI=1S/C14H19NO2/c1-11-7-5-6-10-13(11)15-14(16)17-12-8-3-2-4-9-12/h5-7,10,12H,2-4,8-9H2,1H3,(H,15,16). The Morgan fingerprint density at radius 3 is 2.65 bits per heavy atom. The number of hydrogen-bond acceptors (Lipinski definition) is 2. The molecule has 0 aliphatic heterocycles. The van der Waals surface area contributed by atoms with E-state index in [9.17, 15) is 4.79 Å². The van der Waals surface area contributed by atoms with E-state index in [1.807, 2.05) is 31.2 Å². The SMILES string of the molecule is Cc1ccccc1NC(=O)OC1CCCCC1. The zero-order valence-electron chi connectivity index (χ0n) is 10.2. The third kappa shape index (κ3) is 3.48. The quantitative estimate of drug-likeness (QED) is 0.841. The van der Waals surface area contributed by atoms with Gasteiger partial charge in [-0.1, -0.05) is 24.6 Å². The zero-order chi connectivity index (χ0) is 12.1. The van der Waals surface area contributed by atoms with Crippen LogP contribution in [0.15, 0.2) is 24.3 Å². The summed E-state index contributed by atoms with van der Waals surface area (Å²) in [7, 11) is 0. The topological polar surface area (TPSA) is 38.3 Å². The molecule has 0 aromatic heterocycles. The van der Waals surface area contributed by atoms with Gasteiger partial charge in [0.15, 0.2) is 0 Å². The smallest absolute Gasteiger partial charge is 0.411 e. The van der Waals surface area contributed by atoms with Crippen molar-refractivity contribution in [3.63, 3.8) is 0 Å². The van der Waals surface area contributed by atoms with E-state index >= 15 is 0 Å². The molecule has 1 amide bonds. The molecule has 0 radical (unpaired) electrons. The second-order valence-corrected chi connectivity index (χ2v) is 4.61. The Hall–Kier alpha value is -1.51. The number of nitrogens with one attached hydrogen (secondary N) is 1. The van der Waals surface area contributed by atoms with Gasteiger partial charge in [0.25, 0.3) is 0 Å². The summed E-state index contributed by atoms with van der Waals surface area (Å²) in [5.74, 6) is 0. The lowest BCUT2D eigenvalue weighted by Gasteiger charge is -2.22. The average Bonchev–Trinajstić information content (AvgIpc) is 2.33. The normalized spacial score (nSPS) is 16.5. The summed E-state index contributed by atoms with van der Waals surface area (Å²) < 4.78 is 5.40. The van der Waals surface area contributed by atoms with Crippen LogP contribution in [0, 0.1) is 6.92 Å². The fraction of sp³-hybridized carbons (Fsp3) is 0.500. The average molecular weight is 233 g/mol. The lowest BCUT2D eigenvalue weighted by molar-refractivity contribution is 0.0865. The number of aryl methyl sites for hydroxylation is 1. The van der Waals surface area contributed by atoms with E-state index in [2.05, 4.69) is 5.32 Å². The highest BCUT2D eigenvalue weighted by Crippen LogP contribution is 2.21. The molecule has 0 unspecified atom stereocenters. The van der Waals surface area contributed by atoms with E-state index in [1.165, 1.54) is 19.3 Å². The largest absolute Gasteiger partial charge is 0.446 e. The first-order chi connectivity index (χ1) is 8.25. The van der Waals surface area contributed by atoms with Crippen molar-refractivity contribution in [1.29, 1.82) is 0 Å². The summed E-state index contributed by atoms with van der Waals surface area (Å²) in [6.45, 7) is 1.97. The molecule has 1 saturated carbocycles. The van der Waals surface area contributed by atoms with Gasteiger partial charge in [-0.05, 0) is 44.2 Å². The molecule has 17 heavy (non-hydrogen) atoms. The van der Waals surface area contributed by atoms with Gasteiger partial charge in [0, 0.05) is 5.69 Å². The van der Waals surface area contributed by atoms with Crippen molar-refractivity contribution in [3.8, 4) is 0 Å². The van der Waals surface area contributed by atoms with Gasteiger partial charge >= 0.3 is 6.09 Å². The second kappa shape index (κ2) is 5.71. The summed E-state index contributed by atoms with van der Waals surface area (Å²) in [6.07, 6.45) is 5.38. The number of carbonyl (C=O) groups excluding carboxylic acids is 1. The van der Waals surface area contributed by atoms with E-state index in [1.54, 1.807) is 0 Å². The van der Waals surface area contributed by atoms with E-state index in [0.29, 0.717) is 0 Å². The molecule has 1 aromatic rings. The van der Waals surface area contributed by atoms with Gasteiger partial charge in [-0.2, -0.15) is 0 Å². The van der Waals surface area contributed by atoms with E-state index in [-0.39, 0.29) is 12.2 Å². The first kappa shape index (κ1) is 12.0. The van der Waals surface area contributed by atoms with Crippen LogP contribution in [0.2, 0.25) is 0 Å². The lowest BCUT2D eigenvalue weighted by atomic mass is 9.98. The van der Waals surface area contributed by atoms with Crippen LogP contribution in [-0.4, -0.2) is 12.2 Å². The number of amides is 1. The molecule has 1 aliphatic rings. The zero-order valence-corrected chi connectivity index (χ0v) is 10.2. The highest BCUT2D eigenvalue weighted by molar-refractivity contribution is 5.85. The molecule has 2 rings (SSSR count). The Balaban J connectivity index is 1.86. The molecule has 0 saturated heterocycles. The Morgan fingerprint density at radius 2 is 1.94 bits per heavy atom. The monoisotopic (exact) mass is 233 g/mol. The summed E-state index contributed by atoms with van der Waals surface area (Å²) in [5.41, 5.74) is 1.88. The molecule has 3 heteroatoms. The van der Waals surface area contributed by atoms with Gasteiger partial charge in [-0.25, -0.2) is 4.79 Å². The van der Waals surface area contributed by atoms with Gasteiger partial charge in [0.1, 0.15) is 6.10 Å². The van der Waals surface area contributed by atoms with Gasteiger partial charge < -0.3 is 4.74 Å². The molecule has 1 N–H and O–H groups in total. The predicted molar refractivity (Wildman–Crippen MR) is 68.2 cm³/mol. The summed E-state index contributed by atoms with van der Waals surface area (Å²) in [6, 6.07) is 7.71. The van der Waals surface area contributed by atoms with Crippen LogP contribution in [0.1, 0.15) is 37.7 Å². The molecule has 0 bridgehead atoms. The van der Waals surface area contributed by atoms with Crippen LogP contribution in [0.3, 0.4) is 0 Å². The first-order valence-electron chi connectivity index (χ1n) is 6.29. The van der Waals surface area contributed by atoms with Gasteiger partial charge in [-0.3, -0.25) is 5.32 Å². The molecule has 0 atom stereocenters. The number of hydrogen-bond donors (Lipinski definition) is 1. The van der Waals surface area contributed by atoms with Crippen LogP contribution < -0.4 is 5.32 Å². The molecule has 1 aromatic carbocycles. The third-order valence-electron chi connectivity index (χ3n) is 3.21. The highest BCUT2D eigenvalue weighted by atomic mass is 16.6. The summed E-state index contributed by atoms with van der Waals surface area (Å²) in [4.78, 5) is 11.7. The minimum absolute atomic E-state index is 0.104. The fourth-order valence-corrected chi connectivity index (χ4v) is 2.19. The van der Waals surface area contributed by atoms with Gasteiger partial charge in [-0.15, -0.1) is 0 Å². The maximum absolute atomic E-state index is 11.7. The van der Waals surface area contributed by atoms with Crippen LogP contribution in [-0.2, 0) is 4.74 Å². The lowest BCUT2D eigenvalue weighted by Crippen LogP contribution is -2.24. The molecular formula is C14H19NO2. The Bertz CT molecular complexity index is 384. The molecular weight excluding hydrogens is 214 g/mol. The third-order valence-corrected chi connectivity index (χ3v) is 3.21. The van der Waals surface area contributed by atoms with Crippen molar-refractivity contribution in [2.24, 2.45) is 0 Å². The minimum atomic E-state index is -0.328. The molecule has 1 aliphatic carbocycles. The predicted octanol–water partition coefficient (Wildman–Crippen LogP) is 3.88. The van der Waals surface area contributed by atoms with Crippen molar-refractivity contribution in [1.82, 2.24) is 0 Å². The Morgan fingerprint density at radius 1 is 1.24 bits per heavy atom. The van der Waals surface area contributed by atoms with Crippen molar-refractivity contribution < 1.29 is 9.53 Å². The number of benzene rings is 1. The fourth-order valence-electron chi connectivity index (χ4n) is 2.19. The first-order valence-corrected chi connectivity index (χ1v) is 6.29. The molecule has 0 heterocycles. The van der Waals surface area contributed by atoms with E-state index in [4.69, 9.17) is 4.74 Å². The van der Waals surface area contributed by atoms with Crippen molar-refractivity contribution in [2.75, 3.05) is 5.32 Å². The number of rotatable bonds is 2. The number of ether oxygens (including phenoxy) is 1. The molecule has 3 nitrogen and oxygen atoms in total.